The molecule has 114 valence electrons. The summed E-state index contributed by atoms with van der Waals surface area (Å²) in [7, 11) is 0. The van der Waals surface area contributed by atoms with Gasteiger partial charge in [0.15, 0.2) is 0 Å². The van der Waals surface area contributed by atoms with Crippen LogP contribution in [0.3, 0.4) is 0 Å². The fourth-order valence-corrected chi connectivity index (χ4v) is 2.45. The van der Waals surface area contributed by atoms with E-state index in [0.717, 1.165) is 23.8 Å². The van der Waals surface area contributed by atoms with Crippen molar-refractivity contribution in [2.24, 2.45) is 0 Å². The van der Waals surface area contributed by atoms with E-state index in [4.69, 9.17) is 4.74 Å². The fourth-order valence-electron chi connectivity index (χ4n) is 2.45. The monoisotopic (exact) mass is 304 g/mol. The molecule has 1 aromatic heterocycles. The summed E-state index contributed by atoms with van der Waals surface area (Å²) in [5.41, 5.74) is 0.641. The molecule has 0 saturated carbocycles. The molecule has 0 radical (unpaired) electrons. The van der Waals surface area contributed by atoms with Crippen molar-refractivity contribution in [1.82, 2.24) is 9.88 Å². The van der Waals surface area contributed by atoms with Gasteiger partial charge in [0.25, 0.3) is 5.91 Å². The van der Waals surface area contributed by atoms with Gasteiger partial charge in [0.05, 0.1) is 18.7 Å². The molecule has 1 amide bonds. The van der Waals surface area contributed by atoms with Gasteiger partial charge in [-0.2, -0.15) is 0 Å². The van der Waals surface area contributed by atoms with Crippen molar-refractivity contribution < 1.29 is 18.3 Å². The minimum atomic E-state index is -0.724. The first-order valence-corrected chi connectivity index (χ1v) is 6.91. The van der Waals surface area contributed by atoms with Gasteiger partial charge in [-0.05, 0) is 35.9 Å². The molecule has 1 aromatic carbocycles. The summed E-state index contributed by atoms with van der Waals surface area (Å²) >= 11 is 0. The number of hydrogen-bond acceptors (Lipinski definition) is 3. The molecule has 0 N–H and O–H groups in total. The Bertz CT molecular complexity index is 679. The minimum absolute atomic E-state index is 0.254. The van der Waals surface area contributed by atoms with Gasteiger partial charge in [0.2, 0.25) is 0 Å². The minimum Gasteiger partial charge on any atom is -0.370 e. The van der Waals surface area contributed by atoms with Gasteiger partial charge in [0.1, 0.15) is 17.7 Å². The van der Waals surface area contributed by atoms with Crippen LogP contribution in [0, 0.1) is 11.6 Å². The number of aromatic nitrogens is 1. The topological polar surface area (TPSA) is 42.4 Å². The lowest BCUT2D eigenvalue weighted by Gasteiger charge is -2.33. The number of pyridine rings is 1. The number of amides is 1. The average molecular weight is 304 g/mol. The number of hydrogen-bond donors (Lipinski definition) is 0. The van der Waals surface area contributed by atoms with E-state index in [9.17, 15) is 13.6 Å². The standard InChI is InChI=1S/C16H14F2N2O2/c17-12-1-2-14(18)13(9-12)16(21)20-7-8-22-15(10-20)11-3-5-19-6-4-11/h1-6,9,15H,7-8,10H2. The van der Waals surface area contributed by atoms with E-state index in [1.165, 1.54) is 4.90 Å². The third kappa shape index (κ3) is 2.96. The number of ether oxygens (including phenoxy) is 1. The predicted octanol–water partition coefficient (Wildman–Crippen LogP) is 2.57. The summed E-state index contributed by atoms with van der Waals surface area (Å²) in [4.78, 5) is 17.8. The van der Waals surface area contributed by atoms with Gasteiger partial charge < -0.3 is 9.64 Å². The maximum absolute atomic E-state index is 13.7. The van der Waals surface area contributed by atoms with Crippen LogP contribution in [-0.2, 0) is 4.74 Å². The van der Waals surface area contributed by atoms with Crippen molar-refractivity contribution in [1.29, 1.82) is 0 Å². The van der Waals surface area contributed by atoms with Gasteiger partial charge in [-0.1, -0.05) is 0 Å². The molecule has 1 saturated heterocycles. The Labute approximate surface area is 126 Å². The molecule has 6 heteroatoms. The lowest BCUT2D eigenvalue weighted by atomic mass is 10.1. The van der Waals surface area contributed by atoms with Crippen molar-refractivity contribution in [3.05, 3.63) is 65.5 Å². The van der Waals surface area contributed by atoms with Crippen LogP contribution < -0.4 is 0 Å². The van der Waals surface area contributed by atoms with E-state index in [1.807, 2.05) is 0 Å². The third-order valence-corrected chi connectivity index (χ3v) is 3.59. The molecule has 4 nitrogen and oxygen atoms in total. The lowest BCUT2D eigenvalue weighted by Crippen LogP contribution is -2.42. The Hall–Kier alpha value is -2.34. The molecule has 0 spiro atoms. The fraction of sp³-hybridized carbons (Fsp3) is 0.250. The van der Waals surface area contributed by atoms with Crippen LogP contribution in [0.4, 0.5) is 8.78 Å². The number of benzene rings is 1. The van der Waals surface area contributed by atoms with Crippen molar-refractivity contribution in [2.45, 2.75) is 6.10 Å². The van der Waals surface area contributed by atoms with Crippen LogP contribution in [0.1, 0.15) is 22.0 Å². The highest BCUT2D eigenvalue weighted by atomic mass is 19.1. The first-order valence-electron chi connectivity index (χ1n) is 6.91. The molecule has 22 heavy (non-hydrogen) atoms. The highest BCUT2D eigenvalue weighted by Gasteiger charge is 2.27. The molecule has 1 unspecified atom stereocenters. The number of carbonyl (C=O) groups is 1. The van der Waals surface area contributed by atoms with E-state index in [0.29, 0.717) is 19.7 Å². The van der Waals surface area contributed by atoms with Gasteiger partial charge in [-0.3, -0.25) is 9.78 Å². The second kappa shape index (κ2) is 6.19. The zero-order valence-corrected chi connectivity index (χ0v) is 11.7. The van der Waals surface area contributed by atoms with Crippen LogP contribution in [-0.4, -0.2) is 35.5 Å². The Morgan fingerprint density at radius 2 is 2.00 bits per heavy atom. The van der Waals surface area contributed by atoms with Crippen LogP contribution in [0.15, 0.2) is 42.7 Å². The molecule has 3 rings (SSSR count). The second-order valence-corrected chi connectivity index (χ2v) is 5.02. The summed E-state index contributed by atoms with van der Waals surface area (Å²) < 4.78 is 32.6. The Balaban J connectivity index is 1.80. The summed E-state index contributed by atoms with van der Waals surface area (Å²) in [6.45, 7) is 0.977. The highest BCUT2D eigenvalue weighted by Crippen LogP contribution is 2.23. The molecule has 1 aliphatic heterocycles. The molecule has 2 aromatic rings. The molecule has 0 aliphatic carbocycles. The molecule has 1 fully saturated rings. The summed E-state index contributed by atoms with van der Waals surface area (Å²) in [5.74, 6) is -1.89. The number of carbonyl (C=O) groups excluding carboxylic acids is 1. The predicted molar refractivity (Wildman–Crippen MR) is 75.2 cm³/mol. The van der Waals surface area contributed by atoms with Crippen LogP contribution in [0.25, 0.3) is 0 Å². The number of nitrogens with zero attached hydrogens (tertiary/aromatic N) is 2. The van der Waals surface area contributed by atoms with Crippen LogP contribution >= 0.6 is 0 Å². The zero-order valence-electron chi connectivity index (χ0n) is 11.7. The van der Waals surface area contributed by atoms with Crippen LogP contribution in [0.2, 0.25) is 0 Å². The Morgan fingerprint density at radius 1 is 1.23 bits per heavy atom. The smallest absolute Gasteiger partial charge is 0.257 e. The summed E-state index contributed by atoms with van der Waals surface area (Å²) in [6, 6.07) is 6.49. The first-order chi connectivity index (χ1) is 10.6. The van der Waals surface area contributed by atoms with Crippen molar-refractivity contribution in [3.63, 3.8) is 0 Å². The van der Waals surface area contributed by atoms with E-state index >= 15 is 0 Å². The maximum Gasteiger partial charge on any atom is 0.257 e. The van der Waals surface area contributed by atoms with Crippen molar-refractivity contribution >= 4 is 5.91 Å². The molecule has 1 atom stereocenters. The average Bonchev–Trinajstić information content (AvgIpc) is 2.57. The van der Waals surface area contributed by atoms with Crippen molar-refractivity contribution in [2.75, 3.05) is 19.7 Å². The van der Waals surface area contributed by atoms with Gasteiger partial charge in [-0.25, -0.2) is 8.78 Å². The van der Waals surface area contributed by atoms with Gasteiger partial charge >= 0.3 is 0 Å². The second-order valence-electron chi connectivity index (χ2n) is 5.02. The van der Waals surface area contributed by atoms with E-state index in [-0.39, 0.29) is 11.7 Å². The summed E-state index contributed by atoms with van der Waals surface area (Å²) in [5, 5.41) is 0. The number of rotatable bonds is 2. The third-order valence-electron chi connectivity index (χ3n) is 3.59. The van der Waals surface area contributed by atoms with Crippen LogP contribution in [0.5, 0.6) is 0 Å². The highest BCUT2D eigenvalue weighted by molar-refractivity contribution is 5.94. The Kier molecular flexibility index (Phi) is 4.11. The van der Waals surface area contributed by atoms with E-state index < -0.39 is 17.5 Å². The zero-order chi connectivity index (χ0) is 15.5. The molecule has 1 aliphatic rings. The largest absolute Gasteiger partial charge is 0.370 e. The molecular weight excluding hydrogens is 290 g/mol. The molecular formula is C16H14F2N2O2. The van der Waals surface area contributed by atoms with Gasteiger partial charge in [-0.15, -0.1) is 0 Å². The van der Waals surface area contributed by atoms with Crippen molar-refractivity contribution in [3.8, 4) is 0 Å². The number of morpholine rings is 1. The van der Waals surface area contributed by atoms with Gasteiger partial charge in [0, 0.05) is 18.9 Å². The first kappa shape index (κ1) is 14.6. The lowest BCUT2D eigenvalue weighted by molar-refractivity contribution is -0.0230. The maximum atomic E-state index is 13.7. The SMILES string of the molecule is O=C(c1cc(F)ccc1F)N1CCOC(c2ccncc2)C1. The molecule has 2 heterocycles. The van der Waals surface area contributed by atoms with E-state index in [1.54, 1.807) is 24.5 Å². The summed E-state index contributed by atoms with van der Waals surface area (Å²) in [6.07, 6.45) is 2.99. The normalized spacial score (nSPS) is 18.3. The number of halogens is 2. The Morgan fingerprint density at radius 3 is 2.77 bits per heavy atom. The quantitative estimate of drug-likeness (QED) is 0.856. The molecule has 0 bridgehead atoms. The van der Waals surface area contributed by atoms with E-state index in [2.05, 4.69) is 4.98 Å².